The Hall–Kier alpha value is -2.87. The van der Waals surface area contributed by atoms with Gasteiger partial charge in [0.2, 0.25) is 5.91 Å². The molecule has 0 radical (unpaired) electrons. The van der Waals surface area contributed by atoms with E-state index in [-0.39, 0.29) is 23.1 Å². The number of benzene rings is 2. The molecule has 0 unspecified atom stereocenters. The zero-order valence-corrected chi connectivity index (χ0v) is 13.6. The van der Waals surface area contributed by atoms with E-state index < -0.39 is 0 Å². The number of amides is 1. The van der Waals surface area contributed by atoms with E-state index in [0.717, 1.165) is 24.0 Å². The molecule has 1 N–H and O–H groups in total. The average molecular weight is 336 g/mol. The summed E-state index contributed by atoms with van der Waals surface area (Å²) in [5.74, 6) is 0.235. The number of nitriles is 1. The van der Waals surface area contributed by atoms with Gasteiger partial charge in [0, 0.05) is 23.4 Å². The summed E-state index contributed by atoms with van der Waals surface area (Å²) in [7, 11) is 0. The number of nitrogens with one attached hydrogen (secondary N) is 1. The molecule has 2 atom stereocenters. The minimum Gasteiger partial charge on any atom is -0.493 e. The Morgan fingerprint density at radius 1 is 1.32 bits per heavy atom. The van der Waals surface area contributed by atoms with Gasteiger partial charge in [-0.2, -0.15) is 5.26 Å². The van der Waals surface area contributed by atoms with Crippen LogP contribution in [0, 0.1) is 23.1 Å². The topological polar surface area (TPSA) is 62.1 Å². The van der Waals surface area contributed by atoms with Gasteiger partial charge < -0.3 is 10.1 Å². The maximum absolute atomic E-state index is 13.6. The summed E-state index contributed by atoms with van der Waals surface area (Å²) in [6.07, 6.45) is 1.46. The third kappa shape index (κ3) is 2.74. The Balaban J connectivity index is 1.45. The number of hydrogen-bond donors (Lipinski definition) is 1. The van der Waals surface area contributed by atoms with Crippen LogP contribution in [0.1, 0.15) is 29.5 Å². The van der Waals surface area contributed by atoms with Crippen LogP contribution >= 0.6 is 0 Å². The van der Waals surface area contributed by atoms with Gasteiger partial charge in [-0.1, -0.05) is 12.1 Å². The van der Waals surface area contributed by atoms with Gasteiger partial charge in [-0.05, 0) is 48.7 Å². The number of halogens is 1. The van der Waals surface area contributed by atoms with E-state index in [9.17, 15) is 9.18 Å². The van der Waals surface area contributed by atoms with E-state index in [2.05, 4.69) is 11.4 Å². The Kier molecular flexibility index (Phi) is 3.69. The van der Waals surface area contributed by atoms with Crippen molar-refractivity contribution in [2.45, 2.75) is 24.8 Å². The fraction of sp³-hybridized carbons (Fsp3) is 0.300. The fourth-order valence-corrected chi connectivity index (χ4v) is 3.73. The first-order valence-electron chi connectivity index (χ1n) is 8.32. The molecule has 25 heavy (non-hydrogen) atoms. The number of nitrogens with zero attached hydrogens (tertiary/aromatic N) is 1. The van der Waals surface area contributed by atoms with Crippen LogP contribution in [0.5, 0.6) is 5.75 Å². The molecule has 4 nitrogen and oxygen atoms in total. The van der Waals surface area contributed by atoms with Gasteiger partial charge in [-0.25, -0.2) is 4.39 Å². The predicted molar refractivity (Wildman–Crippen MR) is 89.3 cm³/mol. The lowest BCUT2D eigenvalue weighted by Gasteiger charge is -2.26. The van der Waals surface area contributed by atoms with E-state index in [0.29, 0.717) is 24.5 Å². The van der Waals surface area contributed by atoms with Crippen molar-refractivity contribution in [3.05, 3.63) is 65.0 Å². The van der Waals surface area contributed by atoms with Gasteiger partial charge in [0.1, 0.15) is 11.6 Å². The third-order valence-electron chi connectivity index (χ3n) is 5.23. The van der Waals surface area contributed by atoms with Gasteiger partial charge in [0.15, 0.2) is 0 Å². The Morgan fingerprint density at radius 3 is 2.88 bits per heavy atom. The standard InChI is InChI=1S/C20H17FN2O2/c21-15-5-6-18-16(9-15)20(7-8-25-18)10-17(20)19(24)23-12-14-3-1-13(11-22)2-4-14/h1-6,9,17H,7-8,10,12H2,(H,23,24)/t17-,20-/m1/s1. The van der Waals surface area contributed by atoms with Crippen LogP contribution in [0.25, 0.3) is 0 Å². The maximum atomic E-state index is 13.6. The van der Waals surface area contributed by atoms with E-state index in [1.165, 1.54) is 12.1 Å². The molecule has 1 aliphatic carbocycles. The molecule has 1 fully saturated rings. The maximum Gasteiger partial charge on any atom is 0.224 e. The number of ether oxygens (including phenoxy) is 1. The molecule has 0 saturated heterocycles. The van der Waals surface area contributed by atoms with Gasteiger partial charge in [0.05, 0.1) is 18.2 Å². The zero-order valence-electron chi connectivity index (χ0n) is 13.6. The molecule has 0 bridgehead atoms. The molecular weight excluding hydrogens is 319 g/mol. The third-order valence-corrected chi connectivity index (χ3v) is 5.23. The molecule has 1 saturated carbocycles. The fourth-order valence-electron chi connectivity index (χ4n) is 3.73. The molecule has 1 aliphatic heterocycles. The molecule has 1 heterocycles. The second-order valence-electron chi connectivity index (χ2n) is 6.68. The minimum atomic E-state index is -0.299. The number of carbonyl (C=O) groups is 1. The highest BCUT2D eigenvalue weighted by Gasteiger charge is 2.61. The average Bonchev–Trinajstić information content (AvgIpc) is 3.36. The van der Waals surface area contributed by atoms with Crippen molar-refractivity contribution in [3.63, 3.8) is 0 Å². The zero-order chi connectivity index (χ0) is 17.4. The smallest absolute Gasteiger partial charge is 0.224 e. The Morgan fingerprint density at radius 2 is 2.12 bits per heavy atom. The quantitative estimate of drug-likeness (QED) is 0.937. The number of carbonyl (C=O) groups excluding carboxylic acids is 1. The lowest BCUT2D eigenvalue weighted by Crippen LogP contribution is -2.30. The second-order valence-corrected chi connectivity index (χ2v) is 6.68. The highest BCUT2D eigenvalue weighted by molar-refractivity contribution is 5.84. The van der Waals surface area contributed by atoms with E-state index in [1.807, 2.05) is 12.1 Å². The van der Waals surface area contributed by atoms with Crippen molar-refractivity contribution < 1.29 is 13.9 Å². The van der Waals surface area contributed by atoms with Crippen molar-refractivity contribution in [2.75, 3.05) is 6.61 Å². The van der Waals surface area contributed by atoms with Crippen molar-refractivity contribution in [2.24, 2.45) is 5.92 Å². The number of fused-ring (bicyclic) bond motifs is 2. The molecule has 5 heteroatoms. The van der Waals surface area contributed by atoms with Crippen LogP contribution < -0.4 is 10.1 Å². The summed E-state index contributed by atoms with van der Waals surface area (Å²) in [5.41, 5.74) is 2.07. The second kappa shape index (κ2) is 5.89. The van der Waals surface area contributed by atoms with Crippen molar-refractivity contribution in [1.82, 2.24) is 5.32 Å². The normalized spacial score (nSPS) is 23.3. The summed E-state index contributed by atoms with van der Waals surface area (Å²) in [6, 6.07) is 13.7. The van der Waals surface area contributed by atoms with Crippen LogP contribution in [0.15, 0.2) is 42.5 Å². The van der Waals surface area contributed by atoms with Crippen LogP contribution in [0.2, 0.25) is 0 Å². The summed E-state index contributed by atoms with van der Waals surface area (Å²) in [6.45, 7) is 0.974. The molecular formula is C20H17FN2O2. The summed E-state index contributed by atoms with van der Waals surface area (Å²) in [4.78, 5) is 12.6. The van der Waals surface area contributed by atoms with Crippen LogP contribution in [-0.4, -0.2) is 12.5 Å². The first-order chi connectivity index (χ1) is 12.1. The van der Waals surface area contributed by atoms with Crippen LogP contribution in [0.4, 0.5) is 4.39 Å². The predicted octanol–water partition coefficient (Wildman–Crippen LogP) is 3.05. The van der Waals surface area contributed by atoms with Crippen molar-refractivity contribution in [1.29, 1.82) is 5.26 Å². The first-order valence-corrected chi connectivity index (χ1v) is 8.32. The molecule has 126 valence electrons. The van der Waals surface area contributed by atoms with Crippen LogP contribution in [0.3, 0.4) is 0 Å². The highest BCUT2D eigenvalue weighted by Crippen LogP contribution is 2.60. The van der Waals surface area contributed by atoms with E-state index in [4.69, 9.17) is 10.00 Å². The lowest BCUT2D eigenvalue weighted by atomic mass is 9.87. The molecule has 2 aromatic carbocycles. The SMILES string of the molecule is N#Cc1ccc(CNC(=O)[C@H]2C[C@@]23CCOc2ccc(F)cc23)cc1. The van der Waals surface area contributed by atoms with Gasteiger partial charge in [-0.3, -0.25) is 4.79 Å². The molecule has 4 rings (SSSR count). The van der Waals surface area contributed by atoms with Crippen LogP contribution in [-0.2, 0) is 16.8 Å². The number of rotatable bonds is 3. The largest absolute Gasteiger partial charge is 0.493 e. The molecule has 0 aromatic heterocycles. The molecule has 1 amide bonds. The van der Waals surface area contributed by atoms with Gasteiger partial charge >= 0.3 is 0 Å². The summed E-state index contributed by atoms with van der Waals surface area (Å²) < 4.78 is 19.3. The molecule has 2 aliphatic rings. The van der Waals surface area contributed by atoms with E-state index >= 15 is 0 Å². The first kappa shape index (κ1) is 15.6. The van der Waals surface area contributed by atoms with Crippen molar-refractivity contribution in [3.8, 4) is 11.8 Å². The van der Waals surface area contributed by atoms with Gasteiger partial charge in [0.25, 0.3) is 0 Å². The highest BCUT2D eigenvalue weighted by atomic mass is 19.1. The van der Waals surface area contributed by atoms with Crippen molar-refractivity contribution >= 4 is 5.91 Å². The number of hydrogen-bond acceptors (Lipinski definition) is 3. The minimum absolute atomic E-state index is 0.0125. The van der Waals surface area contributed by atoms with E-state index in [1.54, 1.807) is 18.2 Å². The molecule has 1 spiro atoms. The monoisotopic (exact) mass is 336 g/mol. The summed E-state index contributed by atoms with van der Waals surface area (Å²) in [5, 5.41) is 11.8. The Bertz CT molecular complexity index is 872. The lowest BCUT2D eigenvalue weighted by molar-refractivity contribution is -0.123. The summed E-state index contributed by atoms with van der Waals surface area (Å²) >= 11 is 0. The van der Waals surface area contributed by atoms with Gasteiger partial charge in [-0.15, -0.1) is 0 Å². The Labute approximate surface area is 145 Å². The molecule has 2 aromatic rings.